The van der Waals surface area contributed by atoms with Gasteiger partial charge in [-0.15, -0.1) is 0 Å². The predicted molar refractivity (Wildman–Crippen MR) is 82.1 cm³/mol. The Bertz CT molecular complexity index is 567. The molecule has 1 heterocycles. The van der Waals surface area contributed by atoms with Crippen LogP contribution in [-0.2, 0) is 17.5 Å². The van der Waals surface area contributed by atoms with Crippen molar-refractivity contribution in [1.29, 1.82) is 0 Å². The van der Waals surface area contributed by atoms with Gasteiger partial charge in [-0.2, -0.15) is 13.2 Å². The molecular weight excluding hydrogens is 309 g/mol. The Morgan fingerprint density at radius 3 is 2.57 bits per heavy atom. The van der Waals surface area contributed by atoms with Gasteiger partial charge >= 0.3 is 6.18 Å². The molecule has 1 aromatic rings. The van der Waals surface area contributed by atoms with E-state index < -0.39 is 29.8 Å². The summed E-state index contributed by atoms with van der Waals surface area (Å²) in [7, 11) is 0. The minimum atomic E-state index is -4.54. The Hall–Kier alpha value is -1.79. The molecule has 0 spiro atoms. The summed E-state index contributed by atoms with van der Waals surface area (Å²) in [5, 5.41) is 2.71. The van der Waals surface area contributed by atoms with Gasteiger partial charge in [-0.25, -0.2) is 0 Å². The molecule has 0 fully saturated rings. The largest absolute Gasteiger partial charge is 0.417 e. The fourth-order valence-corrected chi connectivity index (χ4v) is 2.25. The molecule has 0 radical (unpaired) electrons. The van der Waals surface area contributed by atoms with Crippen molar-refractivity contribution in [1.82, 2.24) is 9.88 Å². The lowest BCUT2D eigenvalue weighted by Crippen LogP contribution is -2.37. The Balaban J connectivity index is 2.58. The van der Waals surface area contributed by atoms with Crippen LogP contribution < -0.4 is 10.9 Å². The Kier molecular flexibility index (Phi) is 7.32. The molecule has 1 atom stereocenters. The first-order valence-corrected chi connectivity index (χ1v) is 7.81. The molecule has 0 aliphatic rings. The number of unbranched alkanes of at least 4 members (excludes halogenated alkanes) is 3. The molecule has 0 unspecified atom stereocenters. The number of nitrogens with one attached hydrogen (secondary N) is 1. The average Bonchev–Trinajstić information content (AvgIpc) is 2.44. The second kappa shape index (κ2) is 8.74. The summed E-state index contributed by atoms with van der Waals surface area (Å²) >= 11 is 0. The van der Waals surface area contributed by atoms with Crippen molar-refractivity contribution in [2.75, 3.05) is 0 Å². The first-order valence-electron chi connectivity index (χ1n) is 7.81. The lowest BCUT2D eigenvalue weighted by atomic mass is 10.1. The number of pyridine rings is 1. The van der Waals surface area contributed by atoms with Gasteiger partial charge in [0.2, 0.25) is 5.91 Å². The summed E-state index contributed by atoms with van der Waals surface area (Å²) < 4.78 is 38.7. The number of alkyl halides is 3. The fourth-order valence-electron chi connectivity index (χ4n) is 2.25. The number of aromatic nitrogens is 1. The maximum Gasteiger partial charge on any atom is 0.417 e. The van der Waals surface area contributed by atoms with Crippen molar-refractivity contribution >= 4 is 5.91 Å². The zero-order valence-electron chi connectivity index (χ0n) is 13.4. The van der Waals surface area contributed by atoms with E-state index in [1.807, 2.05) is 6.92 Å². The molecule has 1 rings (SSSR count). The summed E-state index contributed by atoms with van der Waals surface area (Å²) in [6.07, 6.45) is 1.28. The van der Waals surface area contributed by atoms with Crippen molar-refractivity contribution in [3.63, 3.8) is 0 Å². The van der Waals surface area contributed by atoms with Gasteiger partial charge in [0.1, 0.15) is 6.54 Å². The topological polar surface area (TPSA) is 51.1 Å². The van der Waals surface area contributed by atoms with Gasteiger partial charge < -0.3 is 9.88 Å². The second-order valence-corrected chi connectivity index (χ2v) is 5.70. The number of hydrogen-bond acceptors (Lipinski definition) is 2. The third-order valence-corrected chi connectivity index (χ3v) is 3.52. The van der Waals surface area contributed by atoms with Crippen molar-refractivity contribution in [3.8, 4) is 0 Å². The van der Waals surface area contributed by atoms with Crippen LogP contribution in [0.4, 0.5) is 13.2 Å². The zero-order chi connectivity index (χ0) is 17.5. The molecule has 0 aromatic carbocycles. The van der Waals surface area contributed by atoms with Crippen LogP contribution in [0.5, 0.6) is 0 Å². The number of hydrogen-bond donors (Lipinski definition) is 1. The monoisotopic (exact) mass is 332 g/mol. The summed E-state index contributed by atoms with van der Waals surface area (Å²) in [4.78, 5) is 23.5. The summed E-state index contributed by atoms with van der Waals surface area (Å²) in [5.74, 6) is -0.464. The quantitative estimate of drug-likeness (QED) is 0.742. The number of amides is 1. The predicted octanol–water partition coefficient (Wildman–Crippen LogP) is 3.34. The fraction of sp³-hybridized carbons (Fsp3) is 0.625. The first-order chi connectivity index (χ1) is 10.7. The third kappa shape index (κ3) is 6.88. The molecule has 1 N–H and O–H groups in total. The lowest BCUT2D eigenvalue weighted by Gasteiger charge is -2.15. The molecule has 23 heavy (non-hydrogen) atoms. The van der Waals surface area contributed by atoms with Gasteiger partial charge in [-0.1, -0.05) is 32.6 Å². The maximum atomic E-state index is 12.6. The molecule has 130 valence electrons. The molecular formula is C16H23F3N2O2. The number of carbonyl (C=O) groups excluding carboxylic acids is 1. The number of rotatable bonds is 8. The van der Waals surface area contributed by atoms with Crippen LogP contribution in [0.2, 0.25) is 0 Å². The van der Waals surface area contributed by atoms with Crippen LogP contribution in [-0.4, -0.2) is 16.5 Å². The first kappa shape index (κ1) is 19.3. The molecule has 1 amide bonds. The molecule has 0 aliphatic carbocycles. The number of carbonyl (C=O) groups is 1. The number of nitrogens with zero attached hydrogens (tertiary/aromatic N) is 1. The van der Waals surface area contributed by atoms with E-state index in [0.717, 1.165) is 42.7 Å². The minimum absolute atomic E-state index is 0.0687. The highest BCUT2D eigenvalue weighted by Gasteiger charge is 2.31. The van der Waals surface area contributed by atoms with Crippen LogP contribution in [0.3, 0.4) is 0 Å². The molecule has 4 nitrogen and oxygen atoms in total. The Labute approximate surface area is 133 Å². The third-order valence-electron chi connectivity index (χ3n) is 3.52. The van der Waals surface area contributed by atoms with Crippen LogP contribution in [0.25, 0.3) is 0 Å². The van der Waals surface area contributed by atoms with Crippen molar-refractivity contribution in [2.24, 2.45) is 0 Å². The zero-order valence-corrected chi connectivity index (χ0v) is 13.4. The minimum Gasteiger partial charge on any atom is -0.352 e. The van der Waals surface area contributed by atoms with Crippen molar-refractivity contribution < 1.29 is 18.0 Å². The van der Waals surface area contributed by atoms with E-state index in [0.29, 0.717) is 12.3 Å². The highest BCUT2D eigenvalue weighted by atomic mass is 19.4. The van der Waals surface area contributed by atoms with Crippen LogP contribution in [0, 0.1) is 0 Å². The standard InChI is InChI=1S/C16H23F3N2O2/c1-3-4-5-6-7-12(2)20-14(22)11-21-10-13(16(17,18)19)8-9-15(21)23/h8-10,12H,3-7,11H2,1-2H3,(H,20,22)/t12-/m1/s1. The van der Waals surface area contributed by atoms with E-state index in [4.69, 9.17) is 0 Å². The van der Waals surface area contributed by atoms with E-state index in [2.05, 4.69) is 12.2 Å². The van der Waals surface area contributed by atoms with Crippen molar-refractivity contribution in [3.05, 3.63) is 34.2 Å². The van der Waals surface area contributed by atoms with Gasteiger partial charge in [0.15, 0.2) is 0 Å². The highest BCUT2D eigenvalue weighted by Crippen LogP contribution is 2.27. The molecule has 0 saturated heterocycles. The molecule has 0 saturated carbocycles. The summed E-state index contributed by atoms with van der Waals surface area (Å²) in [5.41, 5.74) is -1.58. The average molecular weight is 332 g/mol. The SMILES string of the molecule is CCCCCC[C@@H](C)NC(=O)Cn1cc(C(F)(F)F)ccc1=O. The van der Waals surface area contributed by atoms with Gasteiger partial charge in [-0.05, 0) is 19.4 Å². The van der Waals surface area contributed by atoms with Crippen LogP contribution >= 0.6 is 0 Å². The van der Waals surface area contributed by atoms with Crippen LogP contribution in [0.1, 0.15) is 51.5 Å². The van der Waals surface area contributed by atoms with Gasteiger partial charge in [-0.3, -0.25) is 9.59 Å². The Morgan fingerprint density at radius 2 is 1.96 bits per heavy atom. The van der Waals surface area contributed by atoms with E-state index in [1.54, 1.807) is 0 Å². The Morgan fingerprint density at radius 1 is 1.26 bits per heavy atom. The van der Waals surface area contributed by atoms with Crippen molar-refractivity contribution in [2.45, 2.75) is 64.7 Å². The molecule has 7 heteroatoms. The highest BCUT2D eigenvalue weighted by molar-refractivity contribution is 5.76. The van der Waals surface area contributed by atoms with Gasteiger partial charge in [0.05, 0.1) is 5.56 Å². The maximum absolute atomic E-state index is 12.6. The molecule has 1 aromatic heterocycles. The van der Waals surface area contributed by atoms with Gasteiger partial charge in [0.25, 0.3) is 5.56 Å². The smallest absolute Gasteiger partial charge is 0.352 e. The molecule has 0 bridgehead atoms. The van der Waals surface area contributed by atoms with E-state index in [1.165, 1.54) is 0 Å². The molecule has 0 aliphatic heterocycles. The second-order valence-electron chi connectivity index (χ2n) is 5.70. The van der Waals surface area contributed by atoms with E-state index >= 15 is 0 Å². The summed E-state index contributed by atoms with van der Waals surface area (Å²) in [6.45, 7) is 3.54. The normalized spacial score (nSPS) is 12.9. The lowest BCUT2D eigenvalue weighted by molar-refractivity contribution is -0.138. The van der Waals surface area contributed by atoms with E-state index in [9.17, 15) is 22.8 Å². The number of halogens is 3. The van der Waals surface area contributed by atoms with Gasteiger partial charge in [0, 0.05) is 18.3 Å². The van der Waals surface area contributed by atoms with E-state index in [-0.39, 0.29) is 6.04 Å². The summed E-state index contributed by atoms with van der Waals surface area (Å²) in [6, 6.07) is 1.47. The van der Waals surface area contributed by atoms with Crippen LogP contribution in [0.15, 0.2) is 23.1 Å².